The molecule has 18 heterocycles. The fourth-order valence-electron chi connectivity index (χ4n) is 3.58. The zero-order valence-electron chi connectivity index (χ0n) is 21.3. The van der Waals surface area contributed by atoms with Gasteiger partial charge in [-0.15, -0.1) is 40.8 Å². The summed E-state index contributed by atoms with van der Waals surface area (Å²) in [5.74, 6) is 0. The molecule has 22 rings (SSSR count). The normalized spacial score (nSPS) is 13.1. The van der Waals surface area contributed by atoms with Crippen molar-refractivity contribution in [1.82, 2.24) is 40.8 Å². The second-order valence-corrected chi connectivity index (χ2v) is 14.9. The summed E-state index contributed by atoms with van der Waals surface area (Å²) in [4.78, 5) is 8.60. The van der Waals surface area contributed by atoms with Gasteiger partial charge in [0.25, 0.3) is 0 Å². The minimum absolute atomic E-state index is 0.507. The van der Waals surface area contributed by atoms with Crippen LogP contribution in [0.25, 0.3) is 0 Å². The van der Waals surface area contributed by atoms with E-state index in [2.05, 4.69) is 138 Å². The van der Waals surface area contributed by atoms with Crippen molar-refractivity contribution in [1.29, 1.82) is 0 Å². The Morgan fingerprint density at radius 1 is 0.214 bits per heavy atom. The summed E-state index contributed by atoms with van der Waals surface area (Å²) in [7, 11) is 0. The molecule has 16 aliphatic heterocycles. The van der Waals surface area contributed by atoms with Gasteiger partial charge >= 0.3 is 0 Å². The Kier molecular flexibility index (Phi) is 8.58. The lowest BCUT2D eigenvalue weighted by Crippen LogP contribution is -1.97. The summed E-state index contributed by atoms with van der Waals surface area (Å²) in [5, 5.41) is 36.2. The molecule has 0 fully saturated rings. The SMILES string of the molecule is c1cc2ccc1Sc1ccc(cc1)Sc1nnc(nn1)Sc1ccc(cc1)Sc1ccc(cc1)Sc1nnc(nn1)S2. The predicted molar refractivity (Wildman–Crippen MR) is 166 cm³/mol. The molecule has 0 unspecified atom stereocenters. The number of aromatic nitrogens is 8. The van der Waals surface area contributed by atoms with E-state index in [0.717, 1.165) is 39.2 Å². The van der Waals surface area contributed by atoms with Gasteiger partial charge in [-0.2, -0.15) is 0 Å². The van der Waals surface area contributed by atoms with Gasteiger partial charge in [0.1, 0.15) is 0 Å². The fourth-order valence-corrected chi connectivity index (χ4v) is 7.80. The van der Waals surface area contributed by atoms with E-state index in [1.807, 2.05) is 0 Å². The molecular formula is C28H16N8S6. The Labute approximate surface area is 266 Å². The van der Waals surface area contributed by atoms with Crippen LogP contribution in [-0.2, 0) is 0 Å². The molecule has 0 aliphatic carbocycles. The molecule has 2 aromatic heterocycles. The van der Waals surface area contributed by atoms with Crippen molar-refractivity contribution in [2.75, 3.05) is 0 Å². The van der Waals surface area contributed by atoms with Crippen LogP contribution in [0, 0.1) is 0 Å². The van der Waals surface area contributed by atoms with Gasteiger partial charge in [0, 0.05) is 39.2 Å². The summed E-state index contributed by atoms with van der Waals surface area (Å²) >= 11 is 9.11. The largest absolute Gasteiger partial charge is 0.234 e. The second kappa shape index (κ2) is 13.0. The first-order valence-corrected chi connectivity index (χ1v) is 17.2. The zero-order chi connectivity index (χ0) is 28.1. The summed E-state index contributed by atoms with van der Waals surface area (Å²) in [6, 6.07) is 33.1. The summed E-state index contributed by atoms with van der Waals surface area (Å²) in [5.41, 5.74) is 0. The van der Waals surface area contributed by atoms with Crippen molar-refractivity contribution < 1.29 is 0 Å². The molecule has 6 aromatic rings. The lowest BCUT2D eigenvalue weighted by molar-refractivity contribution is 0.665. The molecule has 42 heavy (non-hydrogen) atoms. The molecular weight excluding hydrogens is 641 g/mol. The van der Waals surface area contributed by atoms with Crippen LogP contribution in [0.15, 0.2) is 157 Å². The number of hydrogen-bond acceptors (Lipinski definition) is 14. The minimum atomic E-state index is 0.507. The van der Waals surface area contributed by atoms with Crippen molar-refractivity contribution in [3.8, 4) is 0 Å². The summed E-state index contributed by atoms with van der Waals surface area (Å²) < 4.78 is 0. The number of benzene rings is 4. The average molecular weight is 657 g/mol. The van der Waals surface area contributed by atoms with Crippen molar-refractivity contribution in [2.24, 2.45) is 0 Å². The van der Waals surface area contributed by atoms with E-state index in [1.54, 1.807) is 23.5 Å². The van der Waals surface area contributed by atoms with Gasteiger partial charge in [0.05, 0.1) is 0 Å². The van der Waals surface area contributed by atoms with E-state index in [0.29, 0.717) is 20.6 Å². The highest BCUT2D eigenvalue weighted by molar-refractivity contribution is 8.00. The standard InChI is InChI=1S/C28H16N8S6/c1-9-21-10-2-17(1)37-18-3-11-22(12-4-18)40-27-33-35-28(36-34-27)42-24-15-7-20(8-16-24)38-19-5-13-23(14-6-19)41-26-31-29-25(39-21)30-32-26/h1-16H. The maximum atomic E-state index is 4.27. The molecule has 0 spiro atoms. The van der Waals surface area contributed by atoms with Crippen molar-refractivity contribution >= 4 is 70.6 Å². The van der Waals surface area contributed by atoms with Gasteiger partial charge in [0.2, 0.25) is 20.6 Å². The minimum Gasteiger partial charge on any atom is -0.118 e. The Balaban J connectivity index is 1.14. The lowest BCUT2D eigenvalue weighted by Gasteiger charge is -2.06. The quantitative estimate of drug-likeness (QED) is 0.157. The van der Waals surface area contributed by atoms with Gasteiger partial charge in [-0.25, -0.2) is 0 Å². The molecule has 0 saturated heterocycles. The van der Waals surface area contributed by atoms with E-state index < -0.39 is 0 Å². The van der Waals surface area contributed by atoms with Crippen LogP contribution in [-0.4, -0.2) is 40.8 Å². The molecule has 0 radical (unpaired) electrons. The van der Waals surface area contributed by atoms with Crippen molar-refractivity contribution in [2.45, 2.75) is 59.8 Å². The topological polar surface area (TPSA) is 103 Å². The third-order valence-electron chi connectivity index (χ3n) is 5.49. The van der Waals surface area contributed by atoms with Crippen LogP contribution in [0.1, 0.15) is 0 Å². The van der Waals surface area contributed by atoms with Crippen LogP contribution < -0.4 is 0 Å². The van der Waals surface area contributed by atoms with Gasteiger partial charge in [0.15, 0.2) is 0 Å². The Morgan fingerprint density at radius 2 is 0.357 bits per heavy atom. The molecule has 14 heteroatoms. The Morgan fingerprint density at radius 3 is 0.524 bits per heavy atom. The maximum Gasteiger partial charge on any atom is 0.234 e. The third kappa shape index (κ3) is 7.25. The monoisotopic (exact) mass is 656 g/mol. The highest BCUT2D eigenvalue weighted by Crippen LogP contribution is 2.35. The van der Waals surface area contributed by atoms with Gasteiger partial charge in [-0.3, -0.25) is 0 Å². The second-order valence-electron chi connectivity index (χ2n) is 8.43. The summed E-state index contributed by atoms with van der Waals surface area (Å²) in [6.45, 7) is 0. The molecule has 16 aliphatic rings. The van der Waals surface area contributed by atoms with E-state index in [1.165, 1.54) is 47.0 Å². The molecule has 12 bridgehead atoms. The first kappa shape index (κ1) is 27.7. The van der Waals surface area contributed by atoms with Gasteiger partial charge in [-0.05, 0) is 144 Å². The lowest BCUT2D eigenvalue weighted by atomic mass is 10.4. The molecule has 0 N–H and O–H groups in total. The van der Waals surface area contributed by atoms with Gasteiger partial charge < -0.3 is 0 Å². The van der Waals surface area contributed by atoms with Crippen molar-refractivity contribution in [3.05, 3.63) is 97.1 Å². The molecule has 8 nitrogen and oxygen atoms in total. The third-order valence-corrected chi connectivity index (χ3v) is 10.9. The van der Waals surface area contributed by atoms with E-state index in [9.17, 15) is 0 Å². The number of hydrogen-bond donors (Lipinski definition) is 0. The average Bonchev–Trinajstić information content (AvgIpc) is 3.03. The Hall–Kier alpha value is -3.14. The van der Waals surface area contributed by atoms with Crippen molar-refractivity contribution in [3.63, 3.8) is 0 Å². The Bertz CT molecular complexity index is 1310. The first-order chi connectivity index (χ1) is 20.7. The van der Waals surface area contributed by atoms with Crippen LogP contribution in [0.4, 0.5) is 0 Å². The van der Waals surface area contributed by atoms with E-state index in [4.69, 9.17) is 0 Å². The van der Waals surface area contributed by atoms with Crippen LogP contribution in [0.5, 0.6) is 0 Å². The van der Waals surface area contributed by atoms with Crippen LogP contribution in [0.2, 0.25) is 0 Å². The number of nitrogens with zero attached hydrogens (tertiary/aromatic N) is 8. The molecule has 0 saturated carbocycles. The molecule has 0 amide bonds. The highest BCUT2D eigenvalue weighted by atomic mass is 32.2. The number of rotatable bonds is 0. The first-order valence-electron chi connectivity index (χ1n) is 12.3. The molecule has 0 atom stereocenters. The smallest absolute Gasteiger partial charge is 0.118 e. The van der Waals surface area contributed by atoms with Crippen LogP contribution >= 0.6 is 70.6 Å². The van der Waals surface area contributed by atoms with Crippen LogP contribution in [0.3, 0.4) is 0 Å². The fraction of sp³-hybridized carbons (Fsp3) is 0. The van der Waals surface area contributed by atoms with E-state index in [-0.39, 0.29) is 0 Å². The molecule has 204 valence electrons. The predicted octanol–water partition coefficient (Wildman–Crippen LogP) is 8.07. The highest BCUT2D eigenvalue weighted by Gasteiger charge is 2.10. The molecule has 4 aromatic carbocycles. The zero-order valence-corrected chi connectivity index (χ0v) is 26.2. The summed E-state index contributed by atoms with van der Waals surface area (Å²) in [6.07, 6.45) is 0. The maximum absolute atomic E-state index is 4.27. The van der Waals surface area contributed by atoms with E-state index >= 15 is 0 Å². The van der Waals surface area contributed by atoms with Gasteiger partial charge in [-0.1, -0.05) is 23.5 Å².